The molecule has 8 heteroatoms. The first-order valence-electron chi connectivity index (χ1n) is 11.3. The Morgan fingerprint density at radius 1 is 1.22 bits per heavy atom. The number of hydrogen-bond donors (Lipinski definition) is 1. The summed E-state index contributed by atoms with van der Waals surface area (Å²) >= 11 is 0. The smallest absolute Gasteiger partial charge is 0.278 e. The summed E-state index contributed by atoms with van der Waals surface area (Å²) in [5.41, 5.74) is 4.09. The topological polar surface area (TPSA) is 84.6 Å². The van der Waals surface area contributed by atoms with E-state index in [4.69, 9.17) is 4.98 Å². The van der Waals surface area contributed by atoms with Crippen LogP contribution in [0.3, 0.4) is 0 Å². The van der Waals surface area contributed by atoms with Crippen molar-refractivity contribution in [3.05, 3.63) is 64.3 Å². The van der Waals surface area contributed by atoms with Crippen LogP contribution in [0.1, 0.15) is 44.9 Å². The number of rotatable bonds is 9. The van der Waals surface area contributed by atoms with Crippen LogP contribution in [0.4, 0.5) is 5.95 Å². The molecule has 0 saturated heterocycles. The Labute approximate surface area is 187 Å². The SMILES string of the molecule is CCCc1nn(C)c2c(=O)[nH]c(N(CCC(C)C)Cc3cccc(-n4cccn4)c3)nc12. The van der Waals surface area contributed by atoms with Crippen LogP contribution in [0, 0.1) is 5.92 Å². The van der Waals surface area contributed by atoms with Crippen molar-refractivity contribution in [3.63, 3.8) is 0 Å². The highest BCUT2D eigenvalue weighted by Crippen LogP contribution is 2.20. The molecule has 0 bridgehead atoms. The molecule has 1 aromatic carbocycles. The largest absolute Gasteiger partial charge is 0.338 e. The van der Waals surface area contributed by atoms with Gasteiger partial charge in [-0.1, -0.05) is 39.3 Å². The van der Waals surface area contributed by atoms with Gasteiger partial charge in [-0.2, -0.15) is 10.2 Å². The van der Waals surface area contributed by atoms with Crippen LogP contribution in [0.5, 0.6) is 0 Å². The van der Waals surface area contributed by atoms with Crippen molar-refractivity contribution in [3.8, 4) is 5.69 Å². The van der Waals surface area contributed by atoms with E-state index in [1.807, 2.05) is 29.1 Å². The summed E-state index contributed by atoms with van der Waals surface area (Å²) in [6.45, 7) is 7.95. The van der Waals surface area contributed by atoms with E-state index in [1.54, 1.807) is 17.9 Å². The number of benzene rings is 1. The van der Waals surface area contributed by atoms with E-state index >= 15 is 0 Å². The second-order valence-corrected chi connectivity index (χ2v) is 8.63. The molecule has 0 atom stereocenters. The lowest BCUT2D eigenvalue weighted by Gasteiger charge is -2.24. The maximum absolute atomic E-state index is 12.9. The highest BCUT2D eigenvalue weighted by molar-refractivity contribution is 5.77. The van der Waals surface area contributed by atoms with Crippen molar-refractivity contribution in [2.45, 2.75) is 46.6 Å². The fourth-order valence-electron chi connectivity index (χ4n) is 3.90. The van der Waals surface area contributed by atoms with Gasteiger partial charge < -0.3 is 4.90 Å². The Kier molecular flexibility index (Phi) is 6.39. The van der Waals surface area contributed by atoms with Gasteiger partial charge in [-0.05, 0) is 42.5 Å². The quantitative estimate of drug-likeness (QED) is 0.433. The average Bonchev–Trinajstić information content (AvgIpc) is 3.40. The van der Waals surface area contributed by atoms with Crippen LogP contribution >= 0.6 is 0 Å². The third-order valence-electron chi connectivity index (χ3n) is 5.57. The number of H-pyrrole nitrogens is 1. The molecule has 8 nitrogen and oxygen atoms in total. The number of nitrogens with one attached hydrogen (secondary N) is 1. The summed E-state index contributed by atoms with van der Waals surface area (Å²) in [6, 6.07) is 10.2. The molecule has 0 unspecified atom stereocenters. The Balaban J connectivity index is 1.72. The molecule has 0 saturated carbocycles. The van der Waals surface area contributed by atoms with Crippen LogP contribution in [0.15, 0.2) is 47.5 Å². The van der Waals surface area contributed by atoms with Crippen LogP contribution in [0.2, 0.25) is 0 Å². The van der Waals surface area contributed by atoms with E-state index in [2.05, 4.69) is 53.0 Å². The number of aromatic nitrogens is 6. The molecule has 3 aromatic heterocycles. The molecule has 168 valence electrons. The maximum Gasteiger partial charge on any atom is 0.278 e. The van der Waals surface area contributed by atoms with Crippen molar-refractivity contribution in [2.75, 3.05) is 11.4 Å². The third-order valence-corrected chi connectivity index (χ3v) is 5.57. The zero-order chi connectivity index (χ0) is 22.7. The lowest BCUT2D eigenvalue weighted by Crippen LogP contribution is -2.29. The maximum atomic E-state index is 12.9. The van der Waals surface area contributed by atoms with Crippen LogP contribution in [-0.2, 0) is 20.0 Å². The van der Waals surface area contributed by atoms with Crippen LogP contribution in [0.25, 0.3) is 16.7 Å². The first-order chi connectivity index (χ1) is 15.5. The van der Waals surface area contributed by atoms with E-state index in [0.717, 1.165) is 42.8 Å². The van der Waals surface area contributed by atoms with Gasteiger partial charge in [0.15, 0.2) is 5.52 Å². The Morgan fingerprint density at radius 2 is 2.06 bits per heavy atom. The fourth-order valence-corrected chi connectivity index (χ4v) is 3.90. The van der Waals surface area contributed by atoms with E-state index in [-0.39, 0.29) is 5.56 Å². The molecule has 4 rings (SSSR count). The first kappa shape index (κ1) is 21.8. The second-order valence-electron chi connectivity index (χ2n) is 8.63. The molecular formula is C24H31N7O. The summed E-state index contributed by atoms with van der Waals surface area (Å²) in [5.74, 6) is 1.13. The molecule has 1 N–H and O–H groups in total. The summed E-state index contributed by atoms with van der Waals surface area (Å²) in [6.07, 6.45) is 6.45. The summed E-state index contributed by atoms with van der Waals surface area (Å²) in [5, 5.41) is 8.88. The van der Waals surface area contributed by atoms with Gasteiger partial charge in [-0.15, -0.1) is 0 Å². The average molecular weight is 434 g/mol. The zero-order valence-corrected chi connectivity index (χ0v) is 19.2. The summed E-state index contributed by atoms with van der Waals surface area (Å²) < 4.78 is 3.49. The summed E-state index contributed by atoms with van der Waals surface area (Å²) in [4.78, 5) is 23.0. The molecule has 0 aliphatic rings. The second kappa shape index (κ2) is 9.38. The van der Waals surface area contributed by atoms with E-state index < -0.39 is 0 Å². The lowest BCUT2D eigenvalue weighted by atomic mass is 10.1. The highest BCUT2D eigenvalue weighted by Gasteiger charge is 2.18. The molecule has 4 aromatic rings. The molecule has 0 radical (unpaired) electrons. The number of hydrogen-bond acceptors (Lipinski definition) is 5. The highest BCUT2D eigenvalue weighted by atomic mass is 16.1. The lowest BCUT2D eigenvalue weighted by molar-refractivity contribution is 0.566. The van der Waals surface area contributed by atoms with Crippen molar-refractivity contribution in [2.24, 2.45) is 13.0 Å². The standard InChI is InChI=1S/C24H31N7O/c1-5-8-20-21-22(29(4)28-20)23(32)27-24(26-21)30(14-11-17(2)3)16-18-9-6-10-19(15-18)31-13-7-12-25-31/h6-7,9-10,12-13,15,17H,5,8,11,14,16H2,1-4H3,(H,26,27,32). The van der Waals surface area contributed by atoms with Gasteiger partial charge in [0.1, 0.15) is 5.52 Å². The minimum absolute atomic E-state index is 0.151. The predicted octanol–water partition coefficient (Wildman–Crippen LogP) is 3.85. The number of anilines is 1. The number of aromatic amines is 1. The normalized spacial score (nSPS) is 11.5. The molecule has 32 heavy (non-hydrogen) atoms. The molecular weight excluding hydrogens is 402 g/mol. The summed E-state index contributed by atoms with van der Waals surface area (Å²) in [7, 11) is 1.80. The third kappa shape index (κ3) is 4.59. The van der Waals surface area contributed by atoms with E-state index in [0.29, 0.717) is 29.4 Å². The van der Waals surface area contributed by atoms with E-state index in [9.17, 15) is 4.79 Å². The van der Waals surface area contributed by atoms with Crippen molar-refractivity contribution in [1.29, 1.82) is 0 Å². The van der Waals surface area contributed by atoms with Crippen molar-refractivity contribution >= 4 is 17.0 Å². The van der Waals surface area contributed by atoms with E-state index in [1.165, 1.54) is 0 Å². The van der Waals surface area contributed by atoms with Crippen molar-refractivity contribution in [1.82, 2.24) is 29.5 Å². The zero-order valence-electron chi connectivity index (χ0n) is 19.2. The monoisotopic (exact) mass is 433 g/mol. The number of fused-ring (bicyclic) bond motifs is 1. The molecule has 3 heterocycles. The van der Waals surface area contributed by atoms with Gasteiger partial charge in [0.2, 0.25) is 5.95 Å². The number of aryl methyl sites for hydroxylation is 2. The van der Waals surface area contributed by atoms with Crippen LogP contribution < -0.4 is 10.5 Å². The molecule has 0 amide bonds. The Bertz CT molecular complexity index is 1240. The minimum Gasteiger partial charge on any atom is -0.338 e. The molecule has 0 aliphatic carbocycles. The molecule has 0 aliphatic heterocycles. The first-order valence-corrected chi connectivity index (χ1v) is 11.3. The predicted molar refractivity (Wildman–Crippen MR) is 127 cm³/mol. The number of nitrogens with zero attached hydrogens (tertiary/aromatic N) is 6. The van der Waals surface area contributed by atoms with Crippen molar-refractivity contribution < 1.29 is 0 Å². The molecule has 0 spiro atoms. The van der Waals surface area contributed by atoms with Gasteiger partial charge in [0.05, 0.1) is 11.4 Å². The van der Waals surface area contributed by atoms with Gasteiger partial charge >= 0.3 is 0 Å². The van der Waals surface area contributed by atoms with Gasteiger partial charge in [-0.25, -0.2) is 9.67 Å². The Hall–Kier alpha value is -3.42. The minimum atomic E-state index is -0.151. The van der Waals surface area contributed by atoms with Crippen LogP contribution in [-0.4, -0.2) is 36.1 Å². The van der Waals surface area contributed by atoms with Gasteiger partial charge in [-0.3, -0.25) is 14.5 Å². The Morgan fingerprint density at radius 3 is 2.78 bits per heavy atom. The van der Waals surface area contributed by atoms with Gasteiger partial charge in [0.25, 0.3) is 5.56 Å². The van der Waals surface area contributed by atoms with Gasteiger partial charge in [0, 0.05) is 32.5 Å². The molecule has 0 fully saturated rings. The fraction of sp³-hybridized carbons (Fsp3) is 0.417.